The number of hydrogen-bond donors (Lipinski definition) is 1. The molecule has 41 heavy (non-hydrogen) atoms. The zero-order valence-corrected chi connectivity index (χ0v) is 23.4. The average molecular weight is 575 g/mol. The number of nitrogens with one attached hydrogen (secondary N) is 1. The number of carbonyl (C=O) groups excluding carboxylic acids is 2. The number of hydrogen-bond acceptors (Lipinski definition) is 5. The summed E-state index contributed by atoms with van der Waals surface area (Å²) < 4.78 is 29.8. The molecular weight excluding hydrogens is 547 g/mol. The Hall–Kier alpha value is -4.56. The number of methoxy groups -OCH3 is 3. The van der Waals surface area contributed by atoms with Gasteiger partial charge in [0.25, 0.3) is 5.91 Å². The van der Waals surface area contributed by atoms with Crippen molar-refractivity contribution in [3.05, 3.63) is 118 Å². The highest BCUT2D eigenvalue weighted by Crippen LogP contribution is 2.45. The summed E-state index contributed by atoms with van der Waals surface area (Å²) in [7, 11) is 4.54. The Morgan fingerprint density at radius 1 is 0.902 bits per heavy atom. The van der Waals surface area contributed by atoms with Crippen molar-refractivity contribution in [1.29, 1.82) is 0 Å². The van der Waals surface area contributed by atoms with Crippen molar-refractivity contribution in [2.24, 2.45) is 0 Å². The standard InChI is InChI=1S/C32H28ClFN2O5/c1-39-22-14-10-20(11-15-22)30-29(31(37)35-26-16-25(33)27(40-2)17-28(26)41-3)23-6-4-5-7-24(23)32(38)36(30)18-19-8-12-21(34)13-9-19/h4-17,29-30H,18H2,1-3H3,(H,35,37)/t29-,30-/m0/s1. The summed E-state index contributed by atoms with van der Waals surface area (Å²) >= 11 is 6.38. The molecule has 0 unspecified atom stereocenters. The number of rotatable bonds is 8. The Balaban J connectivity index is 1.64. The van der Waals surface area contributed by atoms with Gasteiger partial charge in [-0.15, -0.1) is 0 Å². The molecule has 5 rings (SSSR count). The SMILES string of the molecule is COc1ccc([C@H]2[C@@H](C(=O)Nc3cc(Cl)c(OC)cc3OC)c3ccccc3C(=O)N2Cc2ccc(F)cc2)cc1. The van der Waals surface area contributed by atoms with Gasteiger partial charge in [-0.05, 0) is 53.1 Å². The van der Waals surface area contributed by atoms with Crippen LogP contribution in [0.1, 0.15) is 39.0 Å². The molecule has 0 aliphatic carbocycles. The lowest BCUT2D eigenvalue weighted by molar-refractivity contribution is -0.119. The first-order valence-corrected chi connectivity index (χ1v) is 13.2. The van der Waals surface area contributed by atoms with E-state index in [0.717, 1.165) is 11.1 Å². The van der Waals surface area contributed by atoms with Gasteiger partial charge in [0.15, 0.2) is 0 Å². The average Bonchev–Trinajstić information content (AvgIpc) is 2.99. The molecule has 1 aliphatic rings. The van der Waals surface area contributed by atoms with Crippen molar-refractivity contribution in [3.8, 4) is 17.2 Å². The zero-order chi connectivity index (χ0) is 29.1. The van der Waals surface area contributed by atoms with Gasteiger partial charge in [-0.1, -0.05) is 54.1 Å². The minimum atomic E-state index is -0.816. The highest BCUT2D eigenvalue weighted by molar-refractivity contribution is 6.32. The summed E-state index contributed by atoms with van der Waals surface area (Å²) in [6, 6.07) is 22.8. The molecule has 210 valence electrons. The van der Waals surface area contributed by atoms with E-state index in [0.29, 0.717) is 39.1 Å². The van der Waals surface area contributed by atoms with Crippen molar-refractivity contribution in [2.45, 2.75) is 18.5 Å². The van der Waals surface area contributed by atoms with Gasteiger partial charge in [0.05, 0.1) is 44.0 Å². The number of benzene rings is 4. The Morgan fingerprint density at radius 3 is 2.24 bits per heavy atom. The predicted molar refractivity (Wildman–Crippen MR) is 154 cm³/mol. The van der Waals surface area contributed by atoms with Crippen LogP contribution in [-0.4, -0.2) is 38.0 Å². The second kappa shape index (κ2) is 11.9. The van der Waals surface area contributed by atoms with Crippen molar-refractivity contribution in [2.75, 3.05) is 26.6 Å². The van der Waals surface area contributed by atoms with Crippen LogP contribution in [0, 0.1) is 5.82 Å². The third-order valence-electron chi connectivity index (χ3n) is 7.18. The van der Waals surface area contributed by atoms with E-state index < -0.39 is 12.0 Å². The summed E-state index contributed by atoms with van der Waals surface area (Å²) in [5.74, 6) is -0.390. The van der Waals surface area contributed by atoms with Crippen LogP contribution in [0.3, 0.4) is 0 Å². The van der Waals surface area contributed by atoms with Gasteiger partial charge in [0.2, 0.25) is 5.91 Å². The van der Waals surface area contributed by atoms with Crippen LogP contribution in [0.2, 0.25) is 5.02 Å². The van der Waals surface area contributed by atoms with Gasteiger partial charge in [0, 0.05) is 18.2 Å². The number of amides is 2. The molecule has 4 aromatic rings. The predicted octanol–water partition coefficient (Wildman–Crippen LogP) is 6.62. The monoisotopic (exact) mass is 574 g/mol. The normalized spacial score (nSPS) is 16.1. The van der Waals surface area contributed by atoms with E-state index in [1.54, 1.807) is 72.7 Å². The minimum absolute atomic E-state index is 0.158. The van der Waals surface area contributed by atoms with Crippen LogP contribution >= 0.6 is 11.6 Å². The lowest BCUT2D eigenvalue weighted by Gasteiger charge is -2.42. The Morgan fingerprint density at radius 2 is 1.59 bits per heavy atom. The first-order valence-electron chi connectivity index (χ1n) is 12.8. The van der Waals surface area contributed by atoms with Crippen LogP contribution in [0.5, 0.6) is 17.2 Å². The molecule has 1 aliphatic heterocycles. The summed E-state index contributed by atoms with van der Waals surface area (Å²) in [5, 5.41) is 3.28. The van der Waals surface area contributed by atoms with Gasteiger partial charge in [-0.25, -0.2) is 4.39 Å². The lowest BCUT2D eigenvalue weighted by atomic mass is 9.79. The maximum atomic E-state index is 14.3. The van der Waals surface area contributed by atoms with Gasteiger partial charge in [-0.3, -0.25) is 9.59 Å². The van der Waals surface area contributed by atoms with Crippen LogP contribution in [0.15, 0.2) is 84.9 Å². The second-order valence-corrected chi connectivity index (χ2v) is 9.93. The van der Waals surface area contributed by atoms with Crippen LogP contribution in [0.4, 0.5) is 10.1 Å². The zero-order valence-electron chi connectivity index (χ0n) is 22.7. The number of nitrogens with zero attached hydrogens (tertiary/aromatic N) is 1. The molecule has 0 spiro atoms. The molecule has 0 aromatic heterocycles. The van der Waals surface area contributed by atoms with E-state index in [1.807, 2.05) is 12.1 Å². The van der Waals surface area contributed by atoms with Crippen molar-refractivity contribution < 1.29 is 28.2 Å². The topological polar surface area (TPSA) is 77.1 Å². The molecule has 9 heteroatoms. The smallest absolute Gasteiger partial charge is 0.255 e. The Bertz CT molecular complexity index is 1580. The molecule has 0 bridgehead atoms. The van der Waals surface area contributed by atoms with Gasteiger partial charge >= 0.3 is 0 Å². The molecule has 0 radical (unpaired) electrons. The first kappa shape index (κ1) is 28.0. The summed E-state index contributed by atoms with van der Waals surface area (Å²) in [4.78, 5) is 29.9. The first-order chi connectivity index (χ1) is 19.8. The molecule has 1 heterocycles. The number of fused-ring (bicyclic) bond motifs is 1. The van der Waals surface area contributed by atoms with Gasteiger partial charge in [0.1, 0.15) is 23.1 Å². The molecule has 0 fully saturated rings. The molecule has 2 atom stereocenters. The van der Waals surface area contributed by atoms with E-state index in [2.05, 4.69) is 5.32 Å². The van der Waals surface area contributed by atoms with Crippen molar-refractivity contribution in [1.82, 2.24) is 4.90 Å². The Labute approximate surface area is 242 Å². The van der Waals surface area contributed by atoms with E-state index >= 15 is 0 Å². The fourth-order valence-electron chi connectivity index (χ4n) is 5.18. The van der Waals surface area contributed by atoms with E-state index in [1.165, 1.54) is 26.4 Å². The van der Waals surface area contributed by atoms with Crippen molar-refractivity contribution >= 4 is 29.1 Å². The number of carbonyl (C=O) groups is 2. The lowest BCUT2D eigenvalue weighted by Crippen LogP contribution is -2.45. The highest BCUT2D eigenvalue weighted by Gasteiger charge is 2.44. The largest absolute Gasteiger partial charge is 0.497 e. The maximum absolute atomic E-state index is 14.3. The third-order valence-corrected chi connectivity index (χ3v) is 7.47. The summed E-state index contributed by atoms with van der Waals surface area (Å²) in [5.41, 5.74) is 2.82. The minimum Gasteiger partial charge on any atom is -0.497 e. The van der Waals surface area contributed by atoms with Crippen LogP contribution < -0.4 is 19.5 Å². The number of ether oxygens (including phenoxy) is 3. The van der Waals surface area contributed by atoms with Crippen LogP contribution in [-0.2, 0) is 11.3 Å². The quantitative estimate of drug-likeness (QED) is 0.256. The number of anilines is 1. The molecule has 0 saturated carbocycles. The second-order valence-electron chi connectivity index (χ2n) is 9.52. The van der Waals surface area contributed by atoms with Crippen LogP contribution in [0.25, 0.3) is 0 Å². The summed E-state index contributed by atoms with van der Waals surface area (Å²) in [6.45, 7) is 0.158. The van der Waals surface area contributed by atoms with E-state index in [4.69, 9.17) is 25.8 Å². The molecule has 7 nitrogen and oxygen atoms in total. The highest BCUT2D eigenvalue weighted by atomic mass is 35.5. The molecule has 0 saturated heterocycles. The molecule has 2 amide bonds. The van der Waals surface area contributed by atoms with E-state index in [-0.39, 0.29) is 24.2 Å². The maximum Gasteiger partial charge on any atom is 0.255 e. The van der Waals surface area contributed by atoms with Gasteiger partial charge in [-0.2, -0.15) is 0 Å². The Kier molecular flexibility index (Phi) is 8.12. The summed E-state index contributed by atoms with van der Waals surface area (Å²) in [6.07, 6.45) is 0. The molecular formula is C32H28ClFN2O5. The number of halogens is 2. The molecule has 1 N–H and O–H groups in total. The fourth-order valence-corrected chi connectivity index (χ4v) is 5.42. The van der Waals surface area contributed by atoms with Crippen molar-refractivity contribution in [3.63, 3.8) is 0 Å². The van der Waals surface area contributed by atoms with E-state index in [9.17, 15) is 14.0 Å². The molecule has 4 aromatic carbocycles. The third kappa shape index (κ3) is 5.56. The fraction of sp³-hybridized carbons (Fsp3) is 0.188. The van der Waals surface area contributed by atoms with Gasteiger partial charge < -0.3 is 24.4 Å².